The van der Waals surface area contributed by atoms with E-state index in [9.17, 15) is 0 Å². The number of aryl methyl sites for hydroxylation is 2. The summed E-state index contributed by atoms with van der Waals surface area (Å²) < 4.78 is 9.84. The second-order valence-corrected chi connectivity index (χ2v) is 6.29. The monoisotopic (exact) mass is 338 g/mol. The Bertz CT molecular complexity index is 764. The summed E-state index contributed by atoms with van der Waals surface area (Å²) in [6.45, 7) is 3.79. The maximum atomic E-state index is 5.52. The normalized spacial score (nSPS) is 11.2. The zero-order valence-electron chi connectivity index (χ0n) is 15.0. The van der Waals surface area contributed by atoms with Crippen LogP contribution in [0.1, 0.15) is 17.7 Å². The van der Waals surface area contributed by atoms with Gasteiger partial charge in [-0.15, -0.1) is 0 Å². The number of hydrogen-bond acceptors (Lipinski definition) is 3. The summed E-state index contributed by atoms with van der Waals surface area (Å²) in [4.78, 5) is 6.59. The highest BCUT2D eigenvalue weighted by atomic mass is 16.5. The minimum Gasteiger partial charge on any atom is -0.496 e. The Labute approximate surface area is 149 Å². The maximum Gasteiger partial charge on any atom is 0.123 e. The second-order valence-electron chi connectivity index (χ2n) is 6.29. The standard InChI is InChI=1S/C20H26N4O/c1-22-11-5-8-19(22)16-24(13-6-12-23-14-10-21-17-23)15-18-7-3-4-9-20(18)25-2/h3-5,7-11,14,17H,6,12-13,15-16H2,1-2H3. The second kappa shape index (κ2) is 8.53. The quantitative estimate of drug-likeness (QED) is 0.600. The first-order chi connectivity index (χ1) is 12.3. The third kappa shape index (κ3) is 4.73. The van der Waals surface area contributed by atoms with Crippen molar-refractivity contribution in [2.45, 2.75) is 26.1 Å². The molecule has 0 aliphatic carbocycles. The molecule has 1 aromatic carbocycles. The van der Waals surface area contributed by atoms with Gasteiger partial charge >= 0.3 is 0 Å². The summed E-state index contributed by atoms with van der Waals surface area (Å²) in [5.41, 5.74) is 2.54. The van der Waals surface area contributed by atoms with Gasteiger partial charge in [0.2, 0.25) is 0 Å². The van der Waals surface area contributed by atoms with Crippen molar-refractivity contribution in [2.75, 3.05) is 13.7 Å². The highest BCUT2D eigenvalue weighted by Crippen LogP contribution is 2.20. The van der Waals surface area contributed by atoms with E-state index in [4.69, 9.17) is 4.74 Å². The van der Waals surface area contributed by atoms with Crippen molar-refractivity contribution in [3.63, 3.8) is 0 Å². The Kier molecular flexibility index (Phi) is 5.90. The van der Waals surface area contributed by atoms with Gasteiger partial charge in [-0.25, -0.2) is 4.98 Å². The zero-order valence-corrected chi connectivity index (χ0v) is 15.0. The Morgan fingerprint density at radius 1 is 1.08 bits per heavy atom. The molecule has 0 aliphatic heterocycles. The maximum absolute atomic E-state index is 5.52. The Morgan fingerprint density at radius 2 is 1.96 bits per heavy atom. The SMILES string of the molecule is COc1ccccc1CN(CCCn1ccnc1)Cc1cccn1C. The van der Waals surface area contributed by atoms with Gasteiger partial charge in [-0.1, -0.05) is 18.2 Å². The fourth-order valence-electron chi connectivity index (χ4n) is 3.07. The molecule has 0 amide bonds. The molecule has 0 N–H and O–H groups in total. The number of para-hydroxylation sites is 1. The van der Waals surface area contributed by atoms with Crippen LogP contribution in [0.2, 0.25) is 0 Å². The summed E-state index contributed by atoms with van der Waals surface area (Å²) in [6, 6.07) is 12.5. The van der Waals surface area contributed by atoms with E-state index >= 15 is 0 Å². The lowest BCUT2D eigenvalue weighted by Gasteiger charge is -2.24. The van der Waals surface area contributed by atoms with E-state index < -0.39 is 0 Å². The fourth-order valence-corrected chi connectivity index (χ4v) is 3.07. The van der Waals surface area contributed by atoms with Crippen molar-refractivity contribution in [1.29, 1.82) is 0 Å². The van der Waals surface area contributed by atoms with Gasteiger partial charge in [-0.05, 0) is 24.6 Å². The van der Waals surface area contributed by atoms with Crippen LogP contribution in [0, 0.1) is 0 Å². The molecule has 0 saturated heterocycles. The number of rotatable bonds is 9. The molecule has 0 atom stereocenters. The molecule has 25 heavy (non-hydrogen) atoms. The molecule has 0 spiro atoms. The molecule has 0 saturated carbocycles. The lowest BCUT2D eigenvalue weighted by Crippen LogP contribution is -2.26. The van der Waals surface area contributed by atoms with E-state index in [1.165, 1.54) is 11.3 Å². The van der Waals surface area contributed by atoms with Gasteiger partial charge in [0.05, 0.1) is 13.4 Å². The molecule has 3 aromatic rings. The number of ether oxygens (including phenoxy) is 1. The Morgan fingerprint density at radius 3 is 2.68 bits per heavy atom. The van der Waals surface area contributed by atoms with Crippen LogP contribution in [0.25, 0.3) is 0 Å². The molecule has 0 unspecified atom stereocenters. The first-order valence-corrected chi connectivity index (χ1v) is 8.66. The first-order valence-electron chi connectivity index (χ1n) is 8.66. The summed E-state index contributed by atoms with van der Waals surface area (Å²) >= 11 is 0. The van der Waals surface area contributed by atoms with Gasteiger partial charge in [0.15, 0.2) is 0 Å². The van der Waals surface area contributed by atoms with Crippen molar-refractivity contribution in [2.24, 2.45) is 7.05 Å². The van der Waals surface area contributed by atoms with Crippen molar-refractivity contribution in [1.82, 2.24) is 19.0 Å². The van der Waals surface area contributed by atoms with Crippen molar-refractivity contribution in [3.8, 4) is 5.75 Å². The smallest absolute Gasteiger partial charge is 0.123 e. The Hall–Kier alpha value is -2.53. The van der Waals surface area contributed by atoms with Gasteiger partial charge in [-0.2, -0.15) is 0 Å². The molecule has 2 aromatic heterocycles. The van der Waals surface area contributed by atoms with Crippen LogP contribution in [0.3, 0.4) is 0 Å². The van der Waals surface area contributed by atoms with Gasteiger partial charge in [0.25, 0.3) is 0 Å². The number of nitrogens with zero attached hydrogens (tertiary/aromatic N) is 4. The van der Waals surface area contributed by atoms with Gasteiger partial charge in [-0.3, -0.25) is 4.90 Å². The molecule has 3 rings (SSSR count). The molecule has 0 radical (unpaired) electrons. The van der Waals surface area contributed by atoms with Gasteiger partial charge < -0.3 is 13.9 Å². The van der Waals surface area contributed by atoms with E-state index in [1.807, 2.05) is 30.9 Å². The highest BCUT2D eigenvalue weighted by Gasteiger charge is 2.11. The highest BCUT2D eigenvalue weighted by molar-refractivity contribution is 5.33. The first kappa shape index (κ1) is 17.3. The molecule has 5 heteroatoms. The molecule has 2 heterocycles. The topological polar surface area (TPSA) is 35.2 Å². The van der Waals surface area contributed by atoms with E-state index in [0.29, 0.717) is 0 Å². The Balaban J connectivity index is 1.68. The van der Waals surface area contributed by atoms with Crippen molar-refractivity contribution >= 4 is 0 Å². The lowest BCUT2D eigenvalue weighted by atomic mass is 10.1. The molecule has 5 nitrogen and oxygen atoms in total. The molecule has 132 valence electrons. The molecule has 0 bridgehead atoms. The van der Waals surface area contributed by atoms with E-state index in [1.54, 1.807) is 7.11 Å². The number of aromatic nitrogens is 3. The summed E-state index contributed by atoms with van der Waals surface area (Å²) in [6.07, 6.45) is 8.90. The largest absolute Gasteiger partial charge is 0.496 e. The minimum absolute atomic E-state index is 0.874. The average molecular weight is 338 g/mol. The predicted molar refractivity (Wildman–Crippen MR) is 99.4 cm³/mol. The average Bonchev–Trinajstić information content (AvgIpc) is 3.28. The number of benzene rings is 1. The fraction of sp³-hybridized carbons (Fsp3) is 0.350. The third-order valence-electron chi connectivity index (χ3n) is 4.47. The van der Waals surface area contributed by atoms with Crippen molar-refractivity contribution in [3.05, 3.63) is 72.6 Å². The summed E-state index contributed by atoms with van der Waals surface area (Å²) in [5, 5.41) is 0. The van der Waals surface area contributed by atoms with E-state index in [2.05, 4.69) is 56.5 Å². The van der Waals surface area contributed by atoms with Crippen LogP contribution < -0.4 is 4.74 Å². The number of methoxy groups -OCH3 is 1. The summed E-state index contributed by atoms with van der Waals surface area (Å²) in [7, 11) is 3.83. The third-order valence-corrected chi connectivity index (χ3v) is 4.47. The van der Waals surface area contributed by atoms with Crippen LogP contribution in [-0.4, -0.2) is 32.7 Å². The lowest BCUT2D eigenvalue weighted by molar-refractivity contribution is 0.239. The number of hydrogen-bond donors (Lipinski definition) is 0. The van der Waals surface area contributed by atoms with Crippen LogP contribution in [0.4, 0.5) is 0 Å². The van der Waals surface area contributed by atoms with Crippen LogP contribution >= 0.6 is 0 Å². The molecule has 0 fully saturated rings. The van der Waals surface area contributed by atoms with Crippen LogP contribution in [0.15, 0.2) is 61.3 Å². The van der Waals surface area contributed by atoms with Gasteiger partial charge in [0.1, 0.15) is 5.75 Å². The van der Waals surface area contributed by atoms with E-state index in [0.717, 1.165) is 38.3 Å². The van der Waals surface area contributed by atoms with Crippen molar-refractivity contribution < 1.29 is 4.74 Å². The van der Waals surface area contributed by atoms with Crippen LogP contribution in [-0.2, 0) is 26.7 Å². The zero-order chi connectivity index (χ0) is 17.5. The molecule has 0 aliphatic rings. The van der Waals surface area contributed by atoms with E-state index in [-0.39, 0.29) is 0 Å². The number of imidazole rings is 1. The minimum atomic E-state index is 0.874. The van der Waals surface area contributed by atoms with Gasteiger partial charge in [0, 0.05) is 63.1 Å². The predicted octanol–water partition coefficient (Wildman–Crippen LogP) is 3.32. The van der Waals surface area contributed by atoms with Crippen LogP contribution in [0.5, 0.6) is 5.75 Å². The summed E-state index contributed by atoms with van der Waals surface area (Å²) in [5.74, 6) is 0.953. The molecular formula is C20H26N4O. The molecular weight excluding hydrogens is 312 g/mol.